The molecule has 1 fully saturated rings. The normalized spacial score (nSPS) is 16.0. The van der Waals surface area contributed by atoms with E-state index in [-0.39, 0.29) is 0 Å². The van der Waals surface area contributed by atoms with E-state index in [0.29, 0.717) is 13.2 Å². The van der Waals surface area contributed by atoms with Crippen LogP contribution in [0.5, 0.6) is 0 Å². The summed E-state index contributed by atoms with van der Waals surface area (Å²) in [6.07, 6.45) is 1.80. The molecule has 0 aromatic heterocycles. The molecule has 2 nitrogen and oxygen atoms in total. The second-order valence-electron chi connectivity index (χ2n) is 7.28. The fraction of sp³-hybridized carbons (Fsp3) is 0.240. The molecule has 0 bridgehead atoms. The monoisotopic (exact) mass is 390 g/mol. The largest absolute Gasteiger partial charge is 0.348 e. The van der Waals surface area contributed by atoms with Crippen LogP contribution < -0.4 is 15.9 Å². The molecule has 0 atom stereocenters. The second kappa shape index (κ2) is 8.49. The molecule has 1 aliphatic heterocycles. The van der Waals surface area contributed by atoms with Crippen LogP contribution in [0.15, 0.2) is 91.0 Å². The van der Waals surface area contributed by atoms with Crippen LogP contribution in [0.25, 0.3) is 0 Å². The van der Waals surface area contributed by atoms with Crippen molar-refractivity contribution < 1.29 is 9.47 Å². The van der Waals surface area contributed by atoms with E-state index in [1.54, 1.807) is 0 Å². The Morgan fingerprint density at radius 1 is 0.714 bits per heavy atom. The Labute approximate surface area is 168 Å². The second-order valence-corrected chi connectivity index (χ2v) is 10.6. The molecule has 0 unspecified atom stereocenters. The Morgan fingerprint density at radius 2 is 1.11 bits per heavy atom. The molecular formula is C25H27O2P. The van der Waals surface area contributed by atoms with E-state index in [2.05, 4.69) is 104 Å². The van der Waals surface area contributed by atoms with Crippen LogP contribution in [0.4, 0.5) is 0 Å². The maximum absolute atomic E-state index is 5.84. The molecule has 3 heteroatoms. The molecule has 144 valence electrons. The fourth-order valence-corrected chi connectivity index (χ4v) is 7.94. The summed E-state index contributed by atoms with van der Waals surface area (Å²) in [4.78, 5) is 0. The molecule has 1 heterocycles. The van der Waals surface area contributed by atoms with E-state index in [1.165, 1.54) is 15.9 Å². The van der Waals surface area contributed by atoms with Crippen LogP contribution in [0.2, 0.25) is 0 Å². The van der Waals surface area contributed by atoms with Crippen LogP contribution in [-0.4, -0.2) is 24.8 Å². The summed E-state index contributed by atoms with van der Waals surface area (Å²) in [5.74, 6) is 2.08. The summed E-state index contributed by atoms with van der Waals surface area (Å²) < 4.78 is 11.7. The highest BCUT2D eigenvalue weighted by molar-refractivity contribution is 7.94. The van der Waals surface area contributed by atoms with Gasteiger partial charge in [-0.1, -0.05) is 96.8 Å². The molecular weight excluding hydrogens is 363 g/mol. The average Bonchev–Trinajstić information content (AvgIpc) is 3.20. The van der Waals surface area contributed by atoms with Gasteiger partial charge in [-0.2, -0.15) is 0 Å². The highest BCUT2D eigenvalue weighted by Gasteiger charge is 2.31. The standard InChI is InChI=1S/C25H27O2P/c1-25(26-19-20-27-25)18-11-21-28(22-12-5-2-6-13-22,23-14-7-3-8-15-23)24-16-9-4-10-17-24/h2-10,12-17,21H,11,18-20H2,1H3. The number of ether oxygens (including phenoxy) is 2. The Morgan fingerprint density at radius 3 is 1.50 bits per heavy atom. The summed E-state index contributed by atoms with van der Waals surface area (Å²) in [5, 5.41) is 4.14. The zero-order valence-corrected chi connectivity index (χ0v) is 17.2. The summed E-state index contributed by atoms with van der Waals surface area (Å²) in [6.45, 7) is 1.56. The summed E-state index contributed by atoms with van der Waals surface area (Å²) in [6, 6.07) is 32.8. The van der Waals surface area contributed by atoms with Crippen LogP contribution >= 0.6 is 6.89 Å². The summed E-state index contributed by atoms with van der Waals surface area (Å²) in [5.41, 5.74) is 0. The van der Waals surface area contributed by atoms with Gasteiger partial charge in [-0.05, 0) is 36.1 Å². The van der Waals surface area contributed by atoms with Gasteiger partial charge in [0.2, 0.25) is 0 Å². The first kappa shape index (κ1) is 19.2. The minimum Gasteiger partial charge on any atom is -0.348 e. The first-order valence-electron chi connectivity index (χ1n) is 9.91. The lowest BCUT2D eigenvalue weighted by Crippen LogP contribution is -2.28. The van der Waals surface area contributed by atoms with Gasteiger partial charge in [0, 0.05) is 6.42 Å². The molecule has 0 spiro atoms. The zero-order valence-electron chi connectivity index (χ0n) is 16.3. The van der Waals surface area contributed by atoms with E-state index in [9.17, 15) is 0 Å². The molecule has 3 aromatic rings. The molecule has 0 amide bonds. The molecule has 0 saturated carbocycles. The molecule has 4 rings (SSSR count). The molecule has 0 N–H and O–H groups in total. The van der Waals surface area contributed by atoms with Crippen molar-refractivity contribution in [2.75, 3.05) is 13.2 Å². The third kappa shape index (κ3) is 3.86. The van der Waals surface area contributed by atoms with Gasteiger partial charge in [-0.15, -0.1) is 0 Å². The van der Waals surface area contributed by atoms with E-state index < -0.39 is 12.7 Å². The molecule has 0 aliphatic carbocycles. The van der Waals surface area contributed by atoms with Crippen molar-refractivity contribution in [3.63, 3.8) is 0 Å². The number of hydrogen-bond donors (Lipinski definition) is 0. The van der Waals surface area contributed by atoms with Gasteiger partial charge in [0.1, 0.15) is 0 Å². The van der Waals surface area contributed by atoms with Gasteiger partial charge in [0.05, 0.1) is 13.2 Å². The van der Waals surface area contributed by atoms with E-state index in [0.717, 1.165) is 12.8 Å². The van der Waals surface area contributed by atoms with Crippen molar-refractivity contribution in [3.8, 4) is 0 Å². The molecule has 1 saturated heterocycles. The fourth-order valence-electron chi connectivity index (χ4n) is 3.97. The smallest absolute Gasteiger partial charge is 0.166 e. The molecule has 3 aromatic carbocycles. The first-order chi connectivity index (χ1) is 13.7. The summed E-state index contributed by atoms with van der Waals surface area (Å²) >= 11 is 0. The predicted molar refractivity (Wildman–Crippen MR) is 121 cm³/mol. The SMILES string of the molecule is CC1(CCC=P(c2ccccc2)(c2ccccc2)c2ccccc2)OCCO1. The van der Waals surface area contributed by atoms with E-state index in [1.807, 2.05) is 0 Å². The minimum absolute atomic E-state index is 0.462. The van der Waals surface area contributed by atoms with Crippen molar-refractivity contribution in [3.05, 3.63) is 91.0 Å². The third-order valence-electron chi connectivity index (χ3n) is 5.39. The third-order valence-corrected chi connectivity index (χ3v) is 9.53. The zero-order chi connectivity index (χ0) is 19.3. The molecule has 0 radical (unpaired) electrons. The minimum atomic E-state index is -1.88. The summed E-state index contributed by atoms with van der Waals surface area (Å²) in [7, 11) is 0. The van der Waals surface area contributed by atoms with Gasteiger partial charge >= 0.3 is 0 Å². The number of rotatable bonds is 6. The quantitative estimate of drug-likeness (QED) is 0.584. The van der Waals surface area contributed by atoms with Crippen LogP contribution in [0.3, 0.4) is 0 Å². The number of benzene rings is 3. The van der Waals surface area contributed by atoms with Crippen LogP contribution in [-0.2, 0) is 9.47 Å². The van der Waals surface area contributed by atoms with Crippen molar-refractivity contribution in [2.24, 2.45) is 0 Å². The molecule has 28 heavy (non-hydrogen) atoms. The highest BCUT2D eigenvalue weighted by atomic mass is 31.2. The molecule has 1 aliphatic rings. The Balaban J connectivity index is 1.87. The van der Waals surface area contributed by atoms with E-state index >= 15 is 0 Å². The maximum Gasteiger partial charge on any atom is 0.166 e. The Bertz CT molecular complexity index is 827. The topological polar surface area (TPSA) is 18.5 Å². The number of hydrogen-bond acceptors (Lipinski definition) is 2. The van der Waals surface area contributed by atoms with Gasteiger partial charge in [0.15, 0.2) is 5.79 Å². The van der Waals surface area contributed by atoms with E-state index in [4.69, 9.17) is 9.47 Å². The maximum atomic E-state index is 5.84. The lowest BCUT2D eigenvalue weighted by molar-refractivity contribution is -0.144. The van der Waals surface area contributed by atoms with Gasteiger partial charge < -0.3 is 9.47 Å². The average molecular weight is 390 g/mol. The van der Waals surface area contributed by atoms with Crippen molar-refractivity contribution >= 4 is 28.6 Å². The Kier molecular flexibility index (Phi) is 5.82. The lowest BCUT2D eigenvalue weighted by atomic mass is 10.2. The first-order valence-corrected chi connectivity index (χ1v) is 11.8. The highest BCUT2D eigenvalue weighted by Crippen LogP contribution is 2.44. The van der Waals surface area contributed by atoms with Gasteiger partial charge in [-0.3, -0.25) is 0 Å². The van der Waals surface area contributed by atoms with Crippen LogP contribution in [0.1, 0.15) is 19.8 Å². The predicted octanol–water partition coefficient (Wildman–Crippen LogP) is 4.33. The lowest BCUT2D eigenvalue weighted by Gasteiger charge is -2.30. The van der Waals surface area contributed by atoms with Gasteiger partial charge in [0.25, 0.3) is 0 Å². The van der Waals surface area contributed by atoms with Crippen molar-refractivity contribution in [1.82, 2.24) is 0 Å². The van der Waals surface area contributed by atoms with Crippen molar-refractivity contribution in [2.45, 2.75) is 25.6 Å². The van der Waals surface area contributed by atoms with Gasteiger partial charge in [-0.25, -0.2) is 0 Å². The van der Waals surface area contributed by atoms with Crippen molar-refractivity contribution in [1.29, 1.82) is 0 Å². The van der Waals surface area contributed by atoms with Crippen LogP contribution in [0, 0.1) is 0 Å². The Hall–Kier alpha value is -2.12.